The summed E-state index contributed by atoms with van der Waals surface area (Å²) in [4.78, 5) is 2.63. The van der Waals surface area contributed by atoms with E-state index in [2.05, 4.69) is 217 Å². The lowest BCUT2D eigenvalue weighted by molar-refractivity contribution is 0.724. The van der Waals surface area contributed by atoms with Gasteiger partial charge in [0.2, 0.25) is 0 Å². The van der Waals surface area contributed by atoms with Crippen LogP contribution < -0.4 is 4.90 Å². The van der Waals surface area contributed by atoms with Crippen LogP contribution in [0.3, 0.4) is 0 Å². The van der Waals surface area contributed by atoms with Gasteiger partial charge in [0.15, 0.2) is 0 Å². The van der Waals surface area contributed by atoms with Crippen molar-refractivity contribution in [3.05, 3.63) is 222 Å². The molecule has 0 N–H and O–H groups in total. The van der Waals surface area contributed by atoms with Gasteiger partial charge in [0.05, 0.1) is 32.7 Å². The molecule has 0 atom stereocenters. The predicted molar refractivity (Wildman–Crippen MR) is 257 cm³/mol. The van der Waals surface area contributed by atoms with E-state index < -0.39 is 5.41 Å². The van der Waals surface area contributed by atoms with Gasteiger partial charge in [0, 0.05) is 43.7 Å². The Labute approximate surface area is 354 Å². The summed E-state index contributed by atoms with van der Waals surface area (Å²) in [5.41, 5.74) is 14.6. The van der Waals surface area contributed by atoms with Crippen molar-refractivity contribution in [1.29, 1.82) is 0 Å². The minimum Gasteiger partial charge on any atom is -0.339 e. The van der Waals surface area contributed by atoms with E-state index in [0.717, 1.165) is 13.0 Å². The lowest BCUT2D eigenvalue weighted by Crippen LogP contribution is -2.29. The normalized spacial score (nSPS) is 13.1. The van der Waals surface area contributed by atoms with Crippen molar-refractivity contribution in [3.63, 3.8) is 0 Å². The van der Waals surface area contributed by atoms with Crippen LogP contribution in [0.2, 0.25) is 0 Å². The highest BCUT2D eigenvalue weighted by atomic mass is 32.1. The van der Waals surface area contributed by atoms with Gasteiger partial charge < -0.3 is 9.47 Å². The number of hydrogen-bond acceptors (Lipinski definition) is 2. The van der Waals surface area contributed by atoms with Gasteiger partial charge in [-0.15, -0.1) is 11.3 Å². The second-order valence-electron chi connectivity index (χ2n) is 16.3. The summed E-state index contributed by atoms with van der Waals surface area (Å²) in [6, 6.07) is 73.0. The Morgan fingerprint density at radius 2 is 1.12 bits per heavy atom. The van der Waals surface area contributed by atoms with E-state index >= 15 is 0 Å². The fraction of sp³-hybridized carbons (Fsp3) is 0.0877. The Hall–Kier alpha value is -6.94. The lowest BCUT2D eigenvalue weighted by atomic mass is 9.67. The summed E-state index contributed by atoms with van der Waals surface area (Å²) < 4.78 is 5.16. The molecule has 0 fully saturated rings. The number of rotatable bonds is 7. The van der Waals surface area contributed by atoms with Crippen molar-refractivity contribution in [2.75, 3.05) is 4.90 Å². The number of benzene rings is 9. The van der Waals surface area contributed by atoms with Gasteiger partial charge in [-0.2, -0.15) is 0 Å². The maximum Gasteiger partial charge on any atom is 0.0736 e. The summed E-state index contributed by atoms with van der Waals surface area (Å²) in [5, 5.41) is 7.65. The number of hydrogen-bond donors (Lipinski definition) is 0. The average Bonchev–Trinajstić information content (AvgIpc) is 3.94. The molecule has 2 heterocycles. The van der Waals surface area contributed by atoms with Gasteiger partial charge in [0.25, 0.3) is 0 Å². The van der Waals surface area contributed by atoms with Crippen LogP contribution in [0.1, 0.15) is 41.2 Å². The van der Waals surface area contributed by atoms with E-state index in [1.807, 2.05) is 11.3 Å². The number of para-hydroxylation sites is 2. The quantitative estimate of drug-likeness (QED) is 0.156. The molecule has 0 spiro atoms. The summed E-state index contributed by atoms with van der Waals surface area (Å²) in [6.45, 7) is 5.45. The molecule has 0 aliphatic heterocycles. The molecular weight excluding hydrogens is 745 g/mol. The number of fused-ring (bicyclic) bond motifs is 11. The third-order valence-electron chi connectivity index (χ3n) is 13.0. The zero-order chi connectivity index (χ0) is 40.0. The lowest BCUT2D eigenvalue weighted by Gasteiger charge is -2.35. The van der Waals surface area contributed by atoms with Crippen molar-refractivity contribution in [2.45, 2.75) is 32.2 Å². The van der Waals surface area contributed by atoms with Crippen LogP contribution in [-0.2, 0) is 12.0 Å². The molecule has 1 aliphatic carbocycles. The molecule has 11 aromatic rings. The number of nitrogens with zero attached hydrogens (tertiary/aromatic N) is 2. The molecule has 3 heteroatoms. The SMILES string of the molecule is CCCn1c2ccccc2c2cccc(N(c3cc4c(c5ccccc35)-c3ccc(C)cc3C4(c3ccccc3)c3ccccc3)c3cccc4c3sc3ccccc34)c21. The molecule has 0 amide bonds. The topological polar surface area (TPSA) is 8.17 Å². The Kier molecular flexibility index (Phi) is 7.92. The van der Waals surface area contributed by atoms with E-state index in [4.69, 9.17) is 0 Å². The number of aromatic nitrogens is 1. The van der Waals surface area contributed by atoms with Gasteiger partial charge in [-0.1, -0.05) is 176 Å². The van der Waals surface area contributed by atoms with E-state index in [1.165, 1.54) is 109 Å². The number of thiophene rings is 1. The smallest absolute Gasteiger partial charge is 0.0736 e. The van der Waals surface area contributed by atoms with Gasteiger partial charge in [-0.3, -0.25) is 0 Å². The molecule has 0 radical (unpaired) electrons. The van der Waals surface area contributed by atoms with E-state index in [1.54, 1.807) is 0 Å². The summed E-state index contributed by atoms with van der Waals surface area (Å²) in [7, 11) is 0. The fourth-order valence-corrected chi connectivity index (χ4v) is 11.9. The molecule has 9 aromatic carbocycles. The Balaban J connectivity index is 1.28. The summed E-state index contributed by atoms with van der Waals surface area (Å²) in [6.07, 6.45) is 1.03. The van der Waals surface area contributed by atoms with Gasteiger partial charge in [0.1, 0.15) is 0 Å². The molecule has 60 heavy (non-hydrogen) atoms. The molecule has 2 aromatic heterocycles. The van der Waals surface area contributed by atoms with Crippen LogP contribution in [0.25, 0.3) is 63.9 Å². The first-order valence-corrected chi connectivity index (χ1v) is 22.0. The van der Waals surface area contributed by atoms with Crippen LogP contribution in [-0.4, -0.2) is 4.57 Å². The minimum atomic E-state index is -0.559. The highest BCUT2D eigenvalue weighted by molar-refractivity contribution is 7.26. The second kappa shape index (κ2) is 13.6. The summed E-state index contributed by atoms with van der Waals surface area (Å²) in [5.74, 6) is 0. The zero-order valence-corrected chi connectivity index (χ0v) is 34.5. The highest BCUT2D eigenvalue weighted by Gasteiger charge is 2.47. The minimum absolute atomic E-state index is 0.559. The standard InChI is InChI=1S/C57H42N2S/c1-3-34-58-49-28-14-12-23-41(49)44-26-16-29-50(55(44)58)59(51-30-17-27-45-42-24-13-15-31-53(42)60-56(45)51)52-36-48-54(43-25-11-10-22-40(43)52)46-33-32-37(2)35-47(46)57(48,38-18-6-4-7-19-38)39-20-8-5-9-21-39/h4-33,35-36H,3,34H2,1-2H3. The summed E-state index contributed by atoms with van der Waals surface area (Å²) >= 11 is 1.90. The first-order valence-electron chi connectivity index (χ1n) is 21.2. The molecule has 1 aliphatic rings. The highest BCUT2D eigenvalue weighted by Crippen LogP contribution is 2.60. The molecule has 0 bridgehead atoms. The van der Waals surface area contributed by atoms with Gasteiger partial charge >= 0.3 is 0 Å². The van der Waals surface area contributed by atoms with Crippen molar-refractivity contribution >= 4 is 81.1 Å². The number of aryl methyl sites for hydroxylation is 2. The van der Waals surface area contributed by atoms with Crippen LogP contribution in [0.4, 0.5) is 17.1 Å². The molecule has 2 nitrogen and oxygen atoms in total. The van der Waals surface area contributed by atoms with E-state index in [9.17, 15) is 0 Å². The molecule has 0 saturated heterocycles. The Morgan fingerprint density at radius 3 is 1.87 bits per heavy atom. The van der Waals surface area contributed by atoms with E-state index in [-0.39, 0.29) is 0 Å². The molecular formula is C57H42N2S. The first-order chi connectivity index (χ1) is 29.7. The largest absolute Gasteiger partial charge is 0.339 e. The predicted octanol–water partition coefficient (Wildman–Crippen LogP) is 15.9. The Bertz CT molecular complexity index is 3420. The maximum absolute atomic E-state index is 2.63. The van der Waals surface area contributed by atoms with Gasteiger partial charge in [-0.25, -0.2) is 0 Å². The van der Waals surface area contributed by atoms with Crippen molar-refractivity contribution in [2.24, 2.45) is 0 Å². The van der Waals surface area contributed by atoms with Crippen LogP contribution in [0, 0.1) is 6.92 Å². The van der Waals surface area contributed by atoms with Crippen LogP contribution in [0.5, 0.6) is 0 Å². The van der Waals surface area contributed by atoms with Crippen molar-refractivity contribution in [3.8, 4) is 11.1 Å². The first kappa shape index (κ1) is 35.0. The Morgan fingerprint density at radius 1 is 0.500 bits per heavy atom. The van der Waals surface area contributed by atoms with E-state index in [0.29, 0.717) is 0 Å². The molecule has 0 unspecified atom stereocenters. The second-order valence-corrected chi connectivity index (χ2v) is 17.4. The van der Waals surface area contributed by atoms with Gasteiger partial charge in [-0.05, 0) is 82.4 Å². The zero-order valence-electron chi connectivity index (χ0n) is 33.7. The molecule has 12 rings (SSSR count). The monoisotopic (exact) mass is 786 g/mol. The molecule has 286 valence electrons. The fourth-order valence-electron chi connectivity index (χ4n) is 10.6. The van der Waals surface area contributed by atoms with Crippen molar-refractivity contribution < 1.29 is 0 Å². The third kappa shape index (κ3) is 4.87. The average molecular weight is 787 g/mol. The van der Waals surface area contributed by atoms with Crippen molar-refractivity contribution in [1.82, 2.24) is 4.57 Å². The van der Waals surface area contributed by atoms with Crippen LogP contribution in [0.15, 0.2) is 194 Å². The number of anilines is 3. The van der Waals surface area contributed by atoms with Crippen LogP contribution >= 0.6 is 11.3 Å². The molecule has 0 saturated carbocycles. The maximum atomic E-state index is 2.63. The third-order valence-corrected chi connectivity index (χ3v) is 14.2.